The number of ether oxygens (including phenoxy) is 1. The number of hydrogen-bond acceptors (Lipinski definition) is 10. The van der Waals surface area contributed by atoms with Gasteiger partial charge in [0.1, 0.15) is 28.0 Å². The average molecular weight is 648 g/mol. The van der Waals surface area contributed by atoms with Crippen LogP contribution in [0.3, 0.4) is 0 Å². The Morgan fingerprint density at radius 1 is 1.14 bits per heavy atom. The van der Waals surface area contributed by atoms with Crippen LogP contribution in [0.25, 0.3) is 11.0 Å². The third-order valence-corrected chi connectivity index (χ3v) is 9.50. The molecule has 2 unspecified atom stereocenters. The Balaban J connectivity index is 1.41. The zero-order valence-corrected chi connectivity index (χ0v) is 24.8. The number of alkyl halides is 3. The zero-order chi connectivity index (χ0) is 31.4. The molecule has 1 N–H and O–H groups in total. The smallest absolute Gasteiger partial charge is 0.457 e. The molecule has 1 saturated heterocycles. The standard InChI is InChI=1S/C28H24F3N5O6S2/c1-15(37)35-12-4-6-21(35)18-13-19-20(14-23(18)41-16-7-9-17(10-8-16)44(2,39)40)34-24(33-19)26-36(42-27(38)28(29,30)31)22-5-3-11-32-25(22)43-26/h3,5,7-11,13-14,21,26H,4,6,12H2,1-2H3,(H,33,34). The third-order valence-electron chi connectivity index (χ3n) is 7.20. The lowest BCUT2D eigenvalue weighted by atomic mass is 10.0. The number of carbonyl (C=O) groups excluding carboxylic acids is 2. The molecule has 6 rings (SSSR count). The van der Waals surface area contributed by atoms with Crippen molar-refractivity contribution in [2.45, 2.75) is 47.3 Å². The average Bonchev–Trinajstić information content (AvgIpc) is 3.69. The first-order chi connectivity index (χ1) is 20.8. The normalized spacial score (nSPS) is 18.5. The number of anilines is 1. The van der Waals surface area contributed by atoms with Crippen molar-refractivity contribution < 1.29 is 40.8 Å². The number of carbonyl (C=O) groups is 2. The second-order valence-corrected chi connectivity index (χ2v) is 13.3. The zero-order valence-electron chi connectivity index (χ0n) is 23.2. The van der Waals surface area contributed by atoms with Gasteiger partial charge in [-0.3, -0.25) is 4.79 Å². The van der Waals surface area contributed by atoms with E-state index < -0.39 is 27.4 Å². The summed E-state index contributed by atoms with van der Waals surface area (Å²) < 4.78 is 69.5. The summed E-state index contributed by atoms with van der Waals surface area (Å²) in [4.78, 5) is 42.8. The number of aromatic nitrogens is 3. The Morgan fingerprint density at radius 3 is 2.57 bits per heavy atom. The molecule has 0 saturated carbocycles. The van der Waals surface area contributed by atoms with Crippen LogP contribution in [-0.2, 0) is 24.3 Å². The van der Waals surface area contributed by atoms with Gasteiger partial charge >= 0.3 is 12.1 Å². The predicted molar refractivity (Wildman–Crippen MR) is 153 cm³/mol. The number of hydroxylamine groups is 1. The van der Waals surface area contributed by atoms with E-state index in [1.165, 1.54) is 49.5 Å². The summed E-state index contributed by atoms with van der Waals surface area (Å²) in [6, 6.07) is 12.0. The molecule has 230 valence electrons. The lowest BCUT2D eigenvalue weighted by Gasteiger charge is -2.25. The van der Waals surface area contributed by atoms with Crippen molar-refractivity contribution >= 4 is 50.2 Å². The third kappa shape index (κ3) is 5.66. The fraction of sp³-hybridized carbons (Fsp3) is 0.286. The highest BCUT2D eigenvalue weighted by Crippen LogP contribution is 2.50. The Kier molecular flexibility index (Phi) is 7.44. The van der Waals surface area contributed by atoms with Gasteiger partial charge in [-0.25, -0.2) is 23.2 Å². The number of halogens is 3. The predicted octanol–water partition coefficient (Wildman–Crippen LogP) is 5.47. The van der Waals surface area contributed by atoms with Crippen molar-refractivity contribution in [3.8, 4) is 11.5 Å². The number of thioether (sulfide) groups is 1. The van der Waals surface area contributed by atoms with Gasteiger partial charge in [0.05, 0.1) is 22.0 Å². The molecular weight excluding hydrogens is 623 g/mol. The van der Waals surface area contributed by atoms with E-state index in [0.717, 1.165) is 29.5 Å². The molecule has 16 heteroatoms. The topological polar surface area (TPSA) is 135 Å². The Labute approximate surface area is 253 Å². The minimum absolute atomic E-state index is 0.115. The van der Waals surface area contributed by atoms with Gasteiger partial charge in [0.25, 0.3) is 0 Å². The summed E-state index contributed by atoms with van der Waals surface area (Å²) in [6.45, 7) is 2.04. The number of hydrogen-bond donors (Lipinski definition) is 1. The molecule has 1 amide bonds. The van der Waals surface area contributed by atoms with Gasteiger partial charge in [0.15, 0.2) is 15.2 Å². The number of pyridine rings is 1. The van der Waals surface area contributed by atoms with E-state index in [-0.39, 0.29) is 28.4 Å². The highest BCUT2D eigenvalue weighted by molar-refractivity contribution is 8.00. The van der Waals surface area contributed by atoms with Crippen molar-refractivity contribution in [1.29, 1.82) is 0 Å². The fourth-order valence-corrected chi connectivity index (χ4v) is 6.93. The lowest BCUT2D eigenvalue weighted by Crippen LogP contribution is -2.35. The molecule has 1 fully saturated rings. The quantitative estimate of drug-likeness (QED) is 0.287. The maximum Gasteiger partial charge on any atom is 0.493 e. The molecule has 0 radical (unpaired) electrons. The first-order valence-corrected chi connectivity index (χ1v) is 16.1. The minimum Gasteiger partial charge on any atom is -0.457 e. The molecule has 4 aromatic rings. The minimum atomic E-state index is -5.22. The molecule has 2 aromatic heterocycles. The largest absolute Gasteiger partial charge is 0.493 e. The van der Waals surface area contributed by atoms with E-state index in [4.69, 9.17) is 9.57 Å². The summed E-state index contributed by atoms with van der Waals surface area (Å²) in [6.07, 6.45) is -1.22. The number of amides is 1. The van der Waals surface area contributed by atoms with Crippen LogP contribution in [0.1, 0.15) is 42.6 Å². The molecule has 2 atom stereocenters. The van der Waals surface area contributed by atoms with E-state index in [0.29, 0.717) is 46.1 Å². The van der Waals surface area contributed by atoms with E-state index in [1.807, 2.05) is 0 Å². The van der Waals surface area contributed by atoms with Gasteiger partial charge in [0, 0.05) is 37.6 Å². The number of imidazole rings is 1. The lowest BCUT2D eigenvalue weighted by molar-refractivity contribution is -0.201. The Morgan fingerprint density at radius 2 is 1.89 bits per heavy atom. The second kappa shape index (κ2) is 11.0. The number of aromatic amines is 1. The van der Waals surface area contributed by atoms with Crippen molar-refractivity contribution in [3.05, 3.63) is 66.1 Å². The van der Waals surface area contributed by atoms with Crippen LogP contribution in [0.4, 0.5) is 18.9 Å². The van der Waals surface area contributed by atoms with E-state index >= 15 is 0 Å². The van der Waals surface area contributed by atoms with Crippen LogP contribution < -0.4 is 9.80 Å². The van der Waals surface area contributed by atoms with E-state index in [1.54, 1.807) is 17.0 Å². The molecule has 4 heterocycles. The Hall–Kier alpha value is -4.31. The summed E-state index contributed by atoms with van der Waals surface area (Å²) in [5.41, 5.74) is 1.74. The van der Waals surface area contributed by atoms with Gasteiger partial charge in [-0.05, 0) is 55.3 Å². The highest BCUT2D eigenvalue weighted by atomic mass is 32.2. The summed E-state index contributed by atoms with van der Waals surface area (Å²) in [5.74, 6) is -1.60. The fourth-order valence-electron chi connectivity index (χ4n) is 5.21. The van der Waals surface area contributed by atoms with Crippen LogP contribution >= 0.6 is 11.8 Å². The van der Waals surface area contributed by atoms with Gasteiger partial charge < -0.3 is 19.5 Å². The van der Waals surface area contributed by atoms with Gasteiger partial charge in [-0.15, -0.1) is 0 Å². The van der Waals surface area contributed by atoms with E-state index in [2.05, 4.69) is 15.0 Å². The molecule has 0 aliphatic carbocycles. The van der Waals surface area contributed by atoms with Crippen LogP contribution in [0, 0.1) is 0 Å². The van der Waals surface area contributed by atoms with Gasteiger partial charge in [0.2, 0.25) is 5.91 Å². The molecule has 2 aliphatic rings. The maximum atomic E-state index is 13.1. The maximum absolute atomic E-state index is 13.1. The monoisotopic (exact) mass is 647 g/mol. The molecule has 2 aliphatic heterocycles. The Bertz CT molecular complexity index is 1880. The van der Waals surface area contributed by atoms with Gasteiger partial charge in [-0.2, -0.15) is 18.2 Å². The highest BCUT2D eigenvalue weighted by Gasteiger charge is 2.46. The number of sulfone groups is 1. The molecule has 0 spiro atoms. The number of H-pyrrole nitrogens is 1. The molecule has 11 nitrogen and oxygen atoms in total. The van der Waals surface area contributed by atoms with Crippen LogP contribution in [0.5, 0.6) is 11.5 Å². The molecule has 44 heavy (non-hydrogen) atoms. The number of nitrogens with one attached hydrogen (secondary N) is 1. The van der Waals surface area contributed by atoms with Crippen molar-refractivity contribution in [2.75, 3.05) is 17.9 Å². The van der Waals surface area contributed by atoms with Crippen LogP contribution in [0.15, 0.2) is 64.6 Å². The summed E-state index contributed by atoms with van der Waals surface area (Å²) in [7, 11) is -3.42. The number of nitrogens with zero attached hydrogens (tertiary/aromatic N) is 4. The number of benzene rings is 2. The number of fused-ring (bicyclic) bond motifs is 2. The van der Waals surface area contributed by atoms with Gasteiger partial charge in [-0.1, -0.05) is 11.8 Å². The first-order valence-electron chi connectivity index (χ1n) is 13.3. The van der Waals surface area contributed by atoms with Crippen molar-refractivity contribution in [2.24, 2.45) is 0 Å². The molecule has 2 aromatic carbocycles. The SMILES string of the molecule is CC(=O)N1CCCC1c1cc2[nH]c(C3Sc4ncccc4N3OC(=O)C(F)(F)F)nc2cc1Oc1ccc(S(C)(=O)=O)cc1. The molecular formula is C28H24F3N5O6S2. The van der Waals surface area contributed by atoms with Crippen LogP contribution in [0.2, 0.25) is 0 Å². The number of likely N-dealkylation sites (tertiary alicyclic amines) is 1. The molecule has 0 bridgehead atoms. The summed E-state index contributed by atoms with van der Waals surface area (Å²) >= 11 is 1.05. The first kappa shape index (κ1) is 29.7. The summed E-state index contributed by atoms with van der Waals surface area (Å²) in [5, 5.41) is 0.157. The number of rotatable bonds is 6. The van der Waals surface area contributed by atoms with E-state index in [9.17, 15) is 31.2 Å². The van der Waals surface area contributed by atoms with Crippen LogP contribution in [-0.4, -0.2) is 59.1 Å². The van der Waals surface area contributed by atoms with Crippen molar-refractivity contribution in [1.82, 2.24) is 19.9 Å². The van der Waals surface area contributed by atoms with Crippen molar-refractivity contribution in [3.63, 3.8) is 0 Å². The second-order valence-electron chi connectivity index (χ2n) is 10.2.